The van der Waals surface area contributed by atoms with E-state index in [0.717, 1.165) is 5.69 Å². The Labute approximate surface area is 175 Å². The Morgan fingerprint density at radius 1 is 1.07 bits per heavy atom. The smallest absolute Gasteiger partial charge is 0.255 e. The van der Waals surface area contributed by atoms with Gasteiger partial charge in [0.05, 0.1) is 18.6 Å². The Balaban J connectivity index is 1.35. The van der Waals surface area contributed by atoms with Crippen molar-refractivity contribution in [3.8, 4) is 5.75 Å². The van der Waals surface area contributed by atoms with Gasteiger partial charge < -0.3 is 19.4 Å². The first-order valence-corrected chi connectivity index (χ1v) is 9.99. The predicted molar refractivity (Wildman–Crippen MR) is 110 cm³/mol. The molecule has 1 aromatic carbocycles. The summed E-state index contributed by atoms with van der Waals surface area (Å²) in [6.45, 7) is 2.24. The van der Waals surface area contributed by atoms with Gasteiger partial charge in [0.15, 0.2) is 0 Å². The minimum Gasteiger partial charge on any atom is -0.497 e. The molecule has 2 aliphatic heterocycles. The van der Waals surface area contributed by atoms with E-state index in [9.17, 15) is 14.4 Å². The third-order valence-corrected chi connectivity index (χ3v) is 5.63. The first kappa shape index (κ1) is 19.9. The topological polar surface area (TPSA) is 83.1 Å². The standard InChI is InChI=1S/C22H24N4O4/c1-30-19-6-2-5-18(13-19)26-15-17(12-20(26)27)22(29)25-10-8-24(9-11-25)21(28)16-4-3-7-23-14-16/h2-7,13-14,17H,8-12,15H2,1H3/t17-/m1/s1. The molecule has 3 amide bonds. The summed E-state index contributed by atoms with van der Waals surface area (Å²) in [5.74, 6) is 0.137. The van der Waals surface area contributed by atoms with Crippen molar-refractivity contribution >= 4 is 23.4 Å². The molecule has 0 radical (unpaired) electrons. The molecule has 30 heavy (non-hydrogen) atoms. The summed E-state index contributed by atoms with van der Waals surface area (Å²) in [7, 11) is 1.58. The monoisotopic (exact) mass is 408 g/mol. The fourth-order valence-electron chi connectivity index (χ4n) is 3.96. The molecule has 156 valence electrons. The molecule has 2 saturated heterocycles. The highest BCUT2D eigenvalue weighted by molar-refractivity contribution is 6.00. The van der Waals surface area contributed by atoms with E-state index in [2.05, 4.69) is 4.98 Å². The lowest BCUT2D eigenvalue weighted by Gasteiger charge is -2.35. The molecule has 0 aliphatic carbocycles. The minimum atomic E-state index is -0.371. The van der Waals surface area contributed by atoms with Crippen LogP contribution in [0.4, 0.5) is 5.69 Å². The van der Waals surface area contributed by atoms with Crippen LogP contribution in [0.15, 0.2) is 48.8 Å². The molecule has 2 aliphatic rings. The second kappa shape index (κ2) is 8.52. The number of benzene rings is 1. The van der Waals surface area contributed by atoms with Crippen LogP contribution < -0.4 is 9.64 Å². The van der Waals surface area contributed by atoms with Crippen molar-refractivity contribution in [3.05, 3.63) is 54.4 Å². The fourth-order valence-corrected chi connectivity index (χ4v) is 3.96. The molecule has 1 atom stereocenters. The third-order valence-electron chi connectivity index (χ3n) is 5.63. The van der Waals surface area contributed by atoms with Crippen molar-refractivity contribution in [1.29, 1.82) is 0 Å². The van der Waals surface area contributed by atoms with E-state index >= 15 is 0 Å². The molecule has 0 N–H and O–H groups in total. The average Bonchev–Trinajstić information content (AvgIpc) is 3.20. The second-order valence-electron chi connectivity index (χ2n) is 7.47. The zero-order valence-corrected chi connectivity index (χ0v) is 16.9. The van der Waals surface area contributed by atoms with Crippen LogP contribution in [-0.4, -0.2) is 72.3 Å². The van der Waals surface area contributed by atoms with E-state index in [1.807, 2.05) is 18.2 Å². The van der Waals surface area contributed by atoms with Crippen LogP contribution in [-0.2, 0) is 9.59 Å². The summed E-state index contributed by atoms with van der Waals surface area (Å²) in [6.07, 6.45) is 3.38. The van der Waals surface area contributed by atoms with Crippen LogP contribution in [0.5, 0.6) is 5.75 Å². The van der Waals surface area contributed by atoms with Gasteiger partial charge in [-0.3, -0.25) is 19.4 Å². The van der Waals surface area contributed by atoms with Crippen LogP contribution >= 0.6 is 0 Å². The maximum atomic E-state index is 13.0. The number of hydrogen-bond donors (Lipinski definition) is 0. The average molecular weight is 408 g/mol. The van der Waals surface area contributed by atoms with Gasteiger partial charge in [-0.1, -0.05) is 6.07 Å². The summed E-state index contributed by atoms with van der Waals surface area (Å²) in [5, 5.41) is 0. The molecule has 0 bridgehead atoms. The molecule has 4 rings (SSSR count). The summed E-state index contributed by atoms with van der Waals surface area (Å²) in [6, 6.07) is 10.8. The number of carbonyl (C=O) groups excluding carboxylic acids is 3. The number of piperazine rings is 1. The lowest BCUT2D eigenvalue weighted by molar-refractivity contribution is -0.137. The SMILES string of the molecule is COc1cccc(N2C[C@H](C(=O)N3CCN(C(=O)c4cccnc4)CC3)CC2=O)c1. The summed E-state index contributed by atoms with van der Waals surface area (Å²) >= 11 is 0. The lowest BCUT2D eigenvalue weighted by atomic mass is 10.1. The molecule has 0 unspecified atom stereocenters. The Morgan fingerprint density at radius 2 is 1.83 bits per heavy atom. The summed E-state index contributed by atoms with van der Waals surface area (Å²) in [4.78, 5) is 47.2. The highest BCUT2D eigenvalue weighted by Gasteiger charge is 2.38. The van der Waals surface area contributed by atoms with Crippen LogP contribution in [0.3, 0.4) is 0 Å². The zero-order chi connectivity index (χ0) is 21.1. The number of hydrogen-bond acceptors (Lipinski definition) is 5. The van der Waals surface area contributed by atoms with Gasteiger partial charge in [-0.15, -0.1) is 0 Å². The van der Waals surface area contributed by atoms with Gasteiger partial charge in [-0.2, -0.15) is 0 Å². The molecule has 3 heterocycles. The van der Waals surface area contributed by atoms with E-state index in [1.54, 1.807) is 52.4 Å². The quantitative estimate of drug-likeness (QED) is 0.764. The van der Waals surface area contributed by atoms with Crippen molar-refractivity contribution in [2.45, 2.75) is 6.42 Å². The fraction of sp³-hybridized carbons (Fsp3) is 0.364. The minimum absolute atomic E-state index is 0.0257. The van der Waals surface area contributed by atoms with Crippen LogP contribution in [0.1, 0.15) is 16.8 Å². The number of carbonyl (C=O) groups is 3. The van der Waals surface area contributed by atoms with E-state index in [4.69, 9.17) is 4.74 Å². The zero-order valence-electron chi connectivity index (χ0n) is 16.9. The van der Waals surface area contributed by atoms with Gasteiger partial charge >= 0.3 is 0 Å². The molecule has 2 fully saturated rings. The largest absolute Gasteiger partial charge is 0.497 e. The van der Waals surface area contributed by atoms with Gasteiger partial charge in [-0.05, 0) is 24.3 Å². The molecular formula is C22H24N4O4. The molecule has 8 nitrogen and oxygen atoms in total. The Morgan fingerprint density at radius 3 is 2.53 bits per heavy atom. The van der Waals surface area contributed by atoms with Crippen molar-refractivity contribution < 1.29 is 19.1 Å². The second-order valence-corrected chi connectivity index (χ2v) is 7.47. The molecule has 0 saturated carbocycles. The number of rotatable bonds is 4. The first-order chi connectivity index (χ1) is 14.6. The van der Waals surface area contributed by atoms with E-state index < -0.39 is 0 Å². The van der Waals surface area contributed by atoms with E-state index in [-0.39, 0.29) is 30.1 Å². The van der Waals surface area contributed by atoms with Crippen LogP contribution in [0.25, 0.3) is 0 Å². The number of methoxy groups -OCH3 is 1. The number of anilines is 1. The van der Waals surface area contributed by atoms with Gasteiger partial charge in [0.1, 0.15) is 5.75 Å². The molecular weight excluding hydrogens is 384 g/mol. The van der Waals surface area contributed by atoms with Crippen molar-refractivity contribution in [3.63, 3.8) is 0 Å². The highest BCUT2D eigenvalue weighted by atomic mass is 16.5. The van der Waals surface area contributed by atoms with Crippen molar-refractivity contribution in [1.82, 2.24) is 14.8 Å². The molecule has 2 aromatic rings. The molecule has 0 spiro atoms. The van der Waals surface area contributed by atoms with Crippen LogP contribution in [0.2, 0.25) is 0 Å². The number of ether oxygens (including phenoxy) is 1. The highest BCUT2D eigenvalue weighted by Crippen LogP contribution is 2.29. The summed E-state index contributed by atoms with van der Waals surface area (Å²) in [5.41, 5.74) is 1.29. The van der Waals surface area contributed by atoms with Crippen LogP contribution in [0, 0.1) is 5.92 Å². The Kier molecular flexibility index (Phi) is 5.65. The third kappa shape index (κ3) is 3.98. The van der Waals surface area contributed by atoms with Gasteiger partial charge in [-0.25, -0.2) is 0 Å². The summed E-state index contributed by atoms with van der Waals surface area (Å²) < 4.78 is 5.23. The van der Waals surface area contributed by atoms with Crippen molar-refractivity contribution in [2.75, 3.05) is 44.7 Å². The molecule has 8 heteroatoms. The maximum Gasteiger partial charge on any atom is 0.255 e. The number of amides is 3. The molecule has 1 aromatic heterocycles. The first-order valence-electron chi connectivity index (χ1n) is 9.99. The Hall–Kier alpha value is -3.42. The van der Waals surface area contributed by atoms with Gasteiger partial charge in [0.25, 0.3) is 5.91 Å². The maximum absolute atomic E-state index is 13.0. The predicted octanol–water partition coefficient (Wildman–Crippen LogP) is 1.43. The van der Waals surface area contributed by atoms with Gasteiger partial charge in [0, 0.05) is 63.3 Å². The number of aromatic nitrogens is 1. The number of nitrogens with zero attached hydrogens (tertiary/aromatic N) is 4. The van der Waals surface area contributed by atoms with E-state index in [0.29, 0.717) is 44.0 Å². The van der Waals surface area contributed by atoms with E-state index in [1.165, 1.54) is 0 Å². The number of pyridine rings is 1. The van der Waals surface area contributed by atoms with Crippen molar-refractivity contribution in [2.24, 2.45) is 5.92 Å². The Bertz CT molecular complexity index is 941. The lowest BCUT2D eigenvalue weighted by Crippen LogP contribution is -2.52. The normalized spacial score (nSPS) is 19.2. The van der Waals surface area contributed by atoms with Gasteiger partial charge in [0.2, 0.25) is 11.8 Å².